The van der Waals surface area contributed by atoms with Crippen molar-refractivity contribution in [2.24, 2.45) is 0 Å². The van der Waals surface area contributed by atoms with Gasteiger partial charge in [-0.25, -0.2) is 0 Å². The van der Waals surface area contributed by atoms with Crippen LogP contribution in [0.25, 0.3) is 0 Å². The van der Waals surface area contributed by atoms with E-state index in [9.17, 15) is 9.59 Å². The Kier molecular flexibility index (Phi) is 2.85. The second-order valence-electron chi connectivity index (χ2n) is 4.34. The number of nitrogens with zero attached hydrogens (tertiary/aromatic N) is 1. The molecule has 1 unspecified atom stereocenters. The van der Waals surface area contributed by atoms with Gasteiger partial charge in [0.2, 0.25) is 0 Å². The molecule has 1 saturated heterocycles. The van der Waals surface area contributed by atoms with Crippen molar-refractivity contribution in [2.45, 2.75) is 6.10 Å². The van der Waals surface area contributed by atoms with Crippen LogP contribution in [-0.4, -0.2) is 49.2 Å². The van der Waals surface area contributed by atoms with Crippen molar-refractivity contribution >= 4 is 11.8 Å². The Labute approximate surface area is 104 Å². The first-order chi connectivity index (χ1) is 8.77. The Bertz CT molecular complexity index is 461. The number of hydrogen-bond donors (Lipinski definition) is 0. The smallest absolute Gasteiger partial charge is 0.261 e. The Balaban J connectivity index is 1.60. The normalized spacial score (nSPS) is 21.3. The molecule has 1 fully saturated rings. The third-order valence-corrected chi connectivity index (χ3v) is 3.04. The van der Waals surface area contributed by atoms with Gasteiger partial charge < -0.3 is 9.47 Å². The van der Waals surface area contributed by atoms with Crippen molar-refractivity contribution in [3.63, 3.8) is 0 Å². The van der Waals surface area contributed by atoms with Gasteiger partial charge in [0.1, 0.15) is 6.10 Å². The van der Waals surface area contributed by atoms with Crippen molar-refractivity contribution in [2.75, 3.05) is 26.4 Å². The Morgan fingerprint density at radius 3 is 2.39 bits per heavy atom. The summed E-state index contributed by atoms with van der Waals surface area (Å²) < 4.78 is 10.3. The van der Waals surface area contributed by atoms with Gasteiger partial charge in [-0.2, -0.15) is 0 Å². The number of epoxide rings is 1. The van der Waals surface area contributed by atoms with E-state index in [0.29, 0.717) is 30.9 Å². The predicted molar refractivity (Wildman–Crippen MR) is 62.4 cm³/mol. The highest BCUT2D eigenvalue weighted by Crippen LogP contribution is 2.21. The molecule has 0 spiro atoms. The summed E-state index contributed by atoms with van der Waals surface area (Å²) in [7, 11) is 0. The van der Waals surface area contributed by atoms with Gasteiger partial charge >= 0.3 is 0 Å². The minimum Gasteiger partial charge on any atom is -0.377 e. The molecule has 18 heavy (non-hydrogen) atoms. The SMILES string of the molecule is O=C1c2ccccc2C(=O)N1CCOCC1CO1. The molecular weight excluding hydrogens is 234 g/mol. The standard InChI is InChI=1S/C13H13NO4/c15-12-10-3-1-2-4-11(10)13(16)14(12)5-6-17-7-9-8-18-9/h1-4,9H,5-8H2. The summed E-state index contributed by atoms with van der Waals surface area (Å²) in [5, 5.41) is 0. The van der Waals surface area contributed by atoms with E-state index in [1.807, 2.05) is 0 Å². The highest BCUT2D eigenvalue weighted by atomic mass is 16.6. The lowest BCUT2D eigenvalue weighted by Crippen LogP contribution is -2.33. The van der Waals surface area contributed by atoms with E-state index in [2.05, 4.69) is 0 Å². The zero-order valence-corrected chi connectivity index (χ0v) is 9.80. The molecular formula is C13H13NO4. The van der Waals surface area contributed by atoms with Crippen LogP contribution in [0.1, 0.15) is 20.7 Å². The maximum absolute atomic E-state index is 12.0. The lowest BCUT2D eigenvalue weighted by atomic mass is 10.1. The minimum absolute atomic E-state index is 0.201. The van der Waals surface area contributed by atoms with Gasteiger partial charge in [-0.1, -0.05) is 12.1 Å². The second kappa shape index (κ2) is 4.51. The average molecular weight is 247 g/mol. The van der Waals surface area contributed by atoms with Crippen LogP contribution in [0.5, 0.6) is 0 Å². The number of carbonyl (C=O) groups is 2. The maximum atomic E-state index is 12.0. The molecule has 1 aromatic carbocycles. The summed E-state index contributed by atoms with van der Waals surface area (Å²) in [5.41, 5.74) is 0.959. The van der Waals surface area contributed by atoms with Gasteiger partial charge in [0.05, 0.1) is 37.5 Å². The zero-order chi connectivity index (χ0) is 12.5. The van der Waals surface area contributed by atoms with Crippen LogP contribution in [0, 0.1) is 0 Å². The largest absolute Gasteiger partial charge is 0.377 e. The molecule has 94 valence electrons. The van der Waals surface area contributed by atoms with Crippen molar-refractivity contribution < 1.29 is 19.1 Å². The summed E-state index contributed by atoms with van der Waals surface area (Å²) in [4.78, 5) is 25.2. The molecule has 5 nitrogen and oxygen atoms in total. The second-order valence-corrected chi connectivity index (χ2v) is 4.34. The van der Waals surface area contributed by atoms with Crippen LogP contribution in [0.2, 0.25) is 0 Å². The number of amides is 2. The predicted octanol–water partition coefficient (Wildman–Crippen LogP) is 0.698. The van der Waals surface area contributed by atoms with Crippen LogP contribution < -0.4 is 0 Å². The molecule has 3 rings (SSSR count). The summed E-state index contributed by atoms with van der Waals surface area (Å²) in [6.45, 7) is 1.92. The van der Waals surface area contributed by atoms with Gasteiger partial charge in [0, 0.05) is 0 Å². The first-order valence-electron chi connectivity index (χ1n) is 5.92. The van der Waals surface area contributed by atoms with Crippen LogP contribution in [-0.2, 0) is 9.47 Å². The molecule has 0 radical (unpaired) electrons. The first-order valence-corrected chi connectivity index (χ1v) is 5.92. The van der Waals surface area contributed by atoms with Crippen LogP contribution in [0.4, 0.5) is 0 Å². The lowest BCUT2D eigenvalue weighted by molar-refractivity contribution is 0.0548. The fourth-order valence-electron chi connectivity index (χ4n) is 1.98. The zero-order valence-electron chi connectivity index (χ0n) is 9.80. The molecule has 0 N–H and O–H groups in total. The van der Waals surface area contributed by atoms with Crippen molar-refractivity contribution in [3.8, 4) is 0 Å². The molecule has 0 aliphatic carbocycles. The molecule has 2 aliphatic rings. The van der Waals surface area contributed by atoms with E-state index in [0.717, 1.165) is 6.61 Å². The summed E-state index contributed by atoms with van der Waals surface area (Å²) >= 11 is 0. The van der Waals surface area contributed by atoms with E-state index in [1.54, 1.807) is 24.3 Å². The number of rotatable bonds is 5. The van der Waals surface area contributed by atoms with E-state index < -0.39 is 0 Å². The van der Waals surface area contributed by atoms with E-state index in [1.165, 1.54) is 4.90 Å². The number of imide groups is 1. The minimum atomic E-state index is -0.234. The van der Waals surface area contributed by atoms with Gasteiger partial charge in [0.15, 0.2) is 0 Å². The molecule has 0 saturated carbocycles. The Morgan fingerprint density at radius 2 is 1.83 bits per heavy atom. The molecule has 0 aromatic heterocycles. The molecule has 2 aliphatic heterocycles. The molecule has 2 heterocycles. The average Bonchev–Trinajstić information content (AvgIpc) is 3.18. The van der Waals surface area contributed by atoms with Gasteiger partial charge in [-0.05, 0) is 12.1 Å². The number of ether oxygens (including phenoxy) is 2. The molecule has 0 bridgehead atoms. The summed E-state index contributed by atoms with van der Waals surface area (Å²) in [6, 6.07) is 6.87. The Hall–Kier alpha value is -1.72. The summed E-state index contributed by atoms with van der Waals surface area (Å²) in [5.74, 6) is -0.469. The Morgan fingerprint density at radius 1 is 1.22 bits per heavy atom. The quantitative estimate of drug-likeness (QED) is 0.436. The highest BCUT2D eigenvalue weighted by Gasteiger charge is 2.34. The molecule has 1 aromatic rings. The number of benzene rings is 1. The van der Waals surface area contributed by atoms with E-state index in [4.69, 9.17) is 9.47 Å². The van der Waals surface area contributed by atoms with Gasteiger partial charge in [-0.3, -0.25) is 14.5 Å². The maximum Gasteiger partial charge on any atom is 0.261 e. The third kappa shape index (κ3) is 2.02. The number of fused-ring (bicyclic) bond motifs is 1. The van der Waals surface area contributed by atoms with Crippen molar-refractivity contribution in [1.29, 1.82) is 0 Å². The van der Waals surface area contributed by atoms with E-state index >= 15 is 0 Å². The van der Waals surface area contributed by atoms with Crippen LogP contribution >= 0.6 is 0 Å². The first kappa shape index (κ1) is 11.4. The van der Waals surface area contributed by atoms with Crippen LogP contribution in [0.15, 0.2) is 24.3 Å². The topological polar surface area (TPSA) is 59.1 Å². The van der Waals surface area contributed by atoms with E-state index in [-0.39, 0.29) is 17.9 Å². The van der Waals surface area contributed by atoms with Crippen LogP contribution in [0.3, 0.4) is 0 Å². The van der Waals surface area contributed by atoms with Crippen molar-refractivity contribution in [1.82, 2.24) is 4.90 Å². The van der Waals surface area contributed by atoms with Gasteiger partial charge in [0.25, 0.3) is 11.8 Å². The number of hydrogen-bond acceptors (Lipinski definition) is 4. The molecule has 2 amide bonds. The summed E-state index contributed by atoms with van der Waals surface area (Å²) in [6.07, 6.45) is 0.201. The lowest BCUT2D eigenvalue weighted by Gasteiger charge is -2.13. The third-order valence-electron chi connectivity index (χ3n) is 3.04. The highest BCUT2D eigenvalue weighted by molar-refractivity contribution is 6.21. The fraction of sp³-hybridized carbons (Fsp3) is 0.385. The monoisotopic (exact) mass is 247 g/mol. The molecule has 1 atom stereocenters. The van der Waals surface area contributed by atoms with Gasteiger partial charge in [-0.15, -0.1) is 0 Å². The fourth-order valence-corrected chi connectivity index (χ4v) is 1.98. The molecule has 5 heteroatoms. The van der Waals surface area contributed by atoms with Crippen molar-refractivity contribution in [3.05, 3.63) is 35.4 Å². The number of carbonyl (C=O) groups excluding carboxylic acids is 2.